The largest absolute Gasteiger partial charge is 0.255 e. The lowest BCUT2D eigenvalue weighted by Crippen LogP contribution is -1.83. The summed E-state index contributed by atoms with van der Waals surface area (Å²) in [6, 6.07) is 12.3. The van der Waals surface area contributed by atoms with Gasteiger partial charge in [0.15, 0.2) is 0 Å². The number of hydrogen-bond donors (Lipinski definition) is 0. The van der Waals surface area contributed by atoms with Gasteiger partial charge < -0.3 is 0 Å². The highest BCUT2D eigenvalue weighted by Gasteiger charge is 1.99. The number of rotatable bonds is 2. The maximum Gasteiger partial charge on any atom is 0.0926 e. The first-order valence-corrected chi connectivity index (χ1v) is 5.64. The first kappa shape index (κ1) is 8.46. The molecule has 1 atom stereocenters. The standard InChI is InChI=1S/C10H11N2P/c1-13-12-8-7-10(11-12)9-5-3-2-4-6-9/h2-8,13H,1H3. The minimum atomic E-state index is 0.701. The quantitative estimate of drug-likeness (QED) is 0.665. The third kappa shape index (κ3) is 1.78. The zero-order chi connectivity index (χ0) is 9.10. The third-order valence-corrected chi connectivity index (χ3v) is 2.60. The van der Waals surface area contributed by atoms with Gasteiger partial charge in [0.25, 0.3) is 0 Å². The third-order valence-electron chi connectivity index (χ3n) is 1.89. The Balaban J connectivity index is 2.36. The molecule has 66 valence electrons. The highest BCUT2D eigenvalue weighted by Crippen LogP contribution is 2.18. The van der Waals surface area contributed by atoms with E-state index in [-0.39, 0.29) is 0 Å². The maximum absolute atomic E-state index is 4.43. The predicted molar refractivity (Wildman–Crippen MR) is 57.3 cm³/mol. The first-order chi connectivity index (χ1) is 6.40. The average Bonchev–Trinajstić information content (AvgIpc) is 2.67. The molecule has 0 fully saturated rings. The second kappa shape index (κ2) is 3.71. The molecule has 0 spiro atoms. The van der Waals surface area contributed by atoms with Crippen LogP contribution in [0.5, 0.6) is 0 Å². The summed E-state index contributed by atoms with van der Waals surface area (Å²) in [4.78, 5) is 0. The zero-order valence-electron chi connectivity index (χ0n) is 7.44. The molecule has 0 bridgehead atoms. The Labute approximate surface area is 79.4 Å². The molecule has 1 aromatic heterocycles. The summed E-state index contributed by atoms with van der Waals surface area (Å²) in [5, 5.41) is 4.43. The minimum absolute atomic E-state index is 0.701. The van der Waals surface area contributed by atoms with Gasteiger partial charge >= 0.3 is 0 Å². The van der Waals surface area contributed by atoms with Gasteiger partial charge in [0, 0.05) is 11.8 Å². The van der Waals surface area contributed by atoms with Crippen LogP contribution < -0.4 is 0 Å². The summed E-state index contributed by atoms with van der Waals surface area (Å²) < 4.78 is 1.96. The summed E-state index contributed by atoms with van der Waals surface area (Å²) in [5.74, 6) is 0. The lowest BCUT2D eigenvalue weighted by atomic mass is 10.2. The van der Waals surface area contributed by atoms with Crippen molar-refractivity contribution >= 4 is 8.73 Å². The van der Waals surface area contributed by atoms with Crippen LogP contribution in [0.1, 0.15) is 0 Å². The fraction of sp³-hybridized carbons (Fsp3) is 0.100. The smallest absolute Gasteiger partial charge is 0.0926 e. The monoisotopic (exact) mass is 190 g/mol. The fourth-order valence-corrected chi connectivity index (χ4v) is 1.64. The second-order valence-electron chi connectivity index (χ2n) is 2.74. The predicted octanol–water partition coefficient (Wildman–Crippen LogP) is 2.62. The van der Waals surface area contributed by atoms with Crippen LogP contribution in [0, 0.1) is 0 Å². The van der Waals surface area contributed by atoms with E-state index in [4.69, 9.17) is 0 Å². The molecule has 3 heteroatoms. The van der Waals surface area contributed by atoms with Gasteiger partial charge in [-0.2, -0.15) is 5.10 Å². The molecule has 2 aromatic rings. The summed E-state index contributed by atoms with van der Waals surface area (Å²) in [5.41, 5.74) is 2.23. The Morgan fingerprint density at radius 1 is 1.15 bits per heavy atom. The van der Waals surface area contributed by atoms with Crippen LogP contribution in [0.25, 0.3) is 11.3 Å². The number of hydrogen-bond acceptors (Lipinski definition) is 1. The van der Waals surface area contributed by atoms with Gasteiger partial charge in [-0.1, -0.05) is 30.3 Å². The van der Waals surface area contributed by atoms with Crippen LogP contribution in [-0.2, 0) is 0 Å². The van der Waals surface area contributed by atoms with E-state index in [9.17, 15) is 0 Å². The molecule has 0 radical (unpaired) electrons. The Morgan fingerprint density at radius 2 is 1.92 bits per heavy atom. The Morgan fingerprint density at radius 3 is 2.54 bits per heavy atom. The van der Waals surface area contributed by atoms with Gasteiger partial charge in [-0.3, -0.25) is 4.45 Å². The van der Waals surface area contributed by atoms with E-state index >= 15 is 0 Å². The van der Waals surface area contributed by atoms with E-state index in [2.05, 4.69) is 23.9 Å². The van der Waals surface area contributed by atoms with E-state index in [1.807, 2.05) is 34.9 Å². The molecular weight excluding hydrogens is 179 g/mol. The van der Waals surface area contributed by atoms with Crippen LogP contribution in [0.3, 0.4) is 0 Å². The molecule has 13 heavy (non-hydrogen) atoms. The highest BCUT2D eigenvalue weighted by molar-refractivity contribution is 7.35. The molecule has 1 unspecified atom stereocenters. The van der Waals surface area contributed by atoms with Crippen molar-refractivity contribution in [1.29, 1.82) is 0 Å². The molecule has 0 N–H and O–H groups in total. The fourth-order valence-electron chi connectivity index (χ4n) is 1.21. The van der Waals surface area contributed by atoms with E-state index in [0.29, 0.717) is 8.73 Å². The van der Waals surface area contributed by atoms with Crippen molar-refractivity contribution in [3.05, 3.63) is 42.6 Å². The number of benzene rings is 1. The second-order valence-corrected chi connectivity index (χ2v) is 3.64. The van der Waals surface area contributed by atoms with Gasteiger partial charge in [0.05, 0.1) is 5.69 Å². The average molecular weight is 190 g/mol. The molecule has 2 nitrogen and oxygen atoms in total. The maximum atomic E-state index is 4.43. The molecule has 0 saturated carbocycles. The summed E-state index contributed by atoms with van der Waals surface area (Å²) in [6.45, 7) is 2.11. The van der Waals surface area contributed by atoms with Gasteiger partial charge in [-0.15, -0.1) is 0 Å². The minimum Gasteiger partial charge on any atom is -0.255 e. The van der Waals surface area contributed by atoms with Crippen LogP contribution >= 0.6 is 8.73 Å². The molecule has 0 aliphatic heterocycles. The van der Waals surface area contributed by atoms with Crippen molar-refractivity contribution in [1.82, 2.24) is 9.55 Å². The molecule has 0 aliphatic rings. The highest BCUT2D eigenvalue weighted by atomic mass is 31.1. The van der Waals surface area contributed by atoms with Gasteiger partial charge in [-0.25, -0.2) is 0 Å². The Hall–Kier alpha value is -1.14. The van der Waals surface area contributed by atoms with Crippen molar-refractivity contribution in [3.8, 4) is 11.3 Å². The lowest BCUT2D eigenvalue weighted by Gasteiger charge is -1.95. The van der Waals surface area contributed by atoms with Crippen molar-refractivity contribution < 1.29 is 0 Å². The van der Waals surface area contributed by atoms with Crippen LogP contribution in [0.15, 0.2) is 42.6 Å². The summed E-state index contributed by atoms with van der Waals surface area (Å²) in [7, 11) is 0.701. The lowest BCUT2D eigenvalue weighted by molar-refractivity contribution is 1.01. The Bertz CT molecular complexity index is 381. The van der Waals surface area contributed by atoms with Crippen LogP contribution in [0.2, 0.25) is 0 Å². The molecule has 0 aliphatic carbocycles. The normalized spacial score (nSPS) is 11.2. The number of aromatic nitrogens is 2. The van der Waals surface area contributed by atoms with Crippen molar-refractivity contribution in [3.63, 3.8) is 0 Å². The van der Waals surface area contributed by atoms with Crippen LogP contribution in [-0.4, -0.2) is 16.2 Å². The van der Waals surface area contributed by atoms with Gasteiger partial charge in [0.2, 0.25) is 0 Å². The first-order valence-electron chi connectivity index (χ1n) is 4.19. The summed E-state index contributed by atoms with van der Waals surface area (Å²) >= 11 is 0. The van der Waals surface area contributed by atoms with E-state index < -0.39 is 0 Å². The molecule has 0 saturated heterocycles. The van der Waals surface area contributed by atoms with Crippen molar-refractivity contribution in [2.24, 2.45) is 0 Å². The van der Waals surface area contributed by atoms with Gasteiger partial charge in [0.1, 0.15) is 0 Å². The summed E-state index contributed by atoms with van der Waals surface area (Å²) in [6.07, 6.45) is 2.01. The zero-order valence-corrected chi connectivity index (χ0v) is 8.44. The molecule has 1 heterocycles. The van der Waals surface area contributed by atoms with Crippen molar-refractivity contribution in [2.75, 3.05) is 6.66 Å². The van der Waals surface area contributed by atoms with Gasteiger partial charge in [-0.05, 0) is 21.5 Å². The molecule has 2 rings (SSSR count). The molecule has 0 amide bonds. The molecular formula is C10H11N2P. The molecule has 1 aromatic carbocycles. The van der Waals surface area contributed by atoms with E-state index in [1.165, 1.54) is 5.56 Å². The SMILES string of the molecule is CPn1ccc(-c2ccccc2)n1. The topological polar surface area (TPSA) is 17.8 Å². The number of nitrogens with zero attached hydrogens (tertiary/aromatic N) is 2. The Kier molecular flexibility index (Phi) is 2.42. The van der Waals surface area contributed by atoms with Crippen molar-refractivity contribution in [2.45, 2.75) is 0 Å². The van der Waals surface area contributed by atoms with E-state index in [1.54, 1.807) is 0 Å². The van der Waals surface area contributed by atoms with Crippen LogP contribution in [0.4, 0.5) is 0 Å². The van der Waals surface area contributed by atoms with E-state index in [0.717, 1.165) is 5.69 Å².